The second-order valence-corrected chi connectivity index (χ2v) is 7.32. The summed E-state index contributed by atoms with van der Waals surface area (Å²) < 4.78 is 9.93. The summed E-state index contributed by atoms with van der Waals surface area (Å²) in [5.74, 6) is -1.78. The van der Waals surface area contributed by atoms with Gasteiger partial charge < -0.3 is 19.7 Å². The van der Waals surface area contributed by atoms with Crippen LogP contribution < -0.4 is 0 Å². The molecular weight excluding hydrogens is 412 g/mol. The molecule has 0 rings (SSSR count). The van der Waals surface area contributed by atoms with Crippen LogP contribution in [0.4, 0.5) is 0 Å². The van der Waals surface area contributed by atoms with Gasteiger partial charge in [0.2, 0.25) is 0 Å². The van der Waals surface area contributed by atoms with Gasteiger partial charge in [0.25, 0.3) is 0 Å². The number of esters is 2. The molecule has 0 aliphatic carbocycles. The van der Waals surface area contributed by atoms with E-state index in [9.17, 15) is 19.5 Å². The first-order valence-corrected chi connectivity index (χ1v) is 11.2. The molecule has 0 heterocycles. The molecule has 32 heavy (non-hydrogen) atoms. The zero-order valence-corrected chi connectivity index (χ0v) is 19.3. The van der Waals surface area contributed by atoms with Crippen molar-refractivity contribution in [3.05, 3.63) is 48.6 Å². The van der Waals surface area contributed by atoms with Crippen molar-refractivity contribution in [1.82, 2.24) is 0 Å². The van der Waals surface area contributed by atoms with Gasteiger partial charge in [-0.1, -0.05) is 62.3 Å². The van der Waals surface area contributed by atoms with Crippen molar-refractivity contribution >= 4 is 17.9 Å². The fourth-order valence-electron chi connectivity index (χ4n) is 2.65. The van der Waals surface area contributed by atoms with Crippen LogP contribution in [0.15, 0.2) is 48.6 Å². The predicted octanol–water partition coefficient (Wildman–Crippen LogP) is 4.66. The largest absolute Gasteiger partial charge is 0.481 e. The zero-order valence-electron chi connectivity index (χ0n) is 19.3. The molecule has 0 fully saturated rings. The first kappa shape index (κ1) is 29.3. The number of rotatable bonds is 18. The summed E-state index contributed by atoms with van der Waals surface area (Å²) in [6.07, 6.45) is 19.2. The lowest BCUT2D eigenvalue weighted by Crippen LogP contribution is -2.17. The SMILES string of the molecule is CCCCC[C@@H](/C=C/C=C\C/C=C\C=C\[C@@H](O)CCCC(=O)OC)OC(=O)CCC(=O)O. The highest BCUT2D eigenvalue weighted by Crippen LogP contribution is 2.10. The van der Waals surface area contributed by atoms with Crippen LogP contribution in [-0.4, -0.2) is 47.4 Å². The fraction of sp³-hybridized carbons (Fsp3) is 0.560. The average Bonchev–Trinajstić information content (AvgIpc) is 2.76. The summed E-state index contributed by atoms with van der Waals surface area (Å²) in [6, 6.07) is 0. The molecule has 0 saturated heterocycles. The van der Waals surface area contributed by atoms with Crippen LogP contribution in [0.2, 0.25) is 0 Å². The van der Waals surface area contributed by atoms with Gasteiger partial charge in [-0.2, -0.15) is 0 Å². The van der Waals surface area contributed by atoms with E-state index >= 15 is 0 Å². The van der Waals surface area contributed by atoms with E-state index in [1.807, 2.05) is 36.5 Å². The van der Waals surface area contributed by atoms with Gasteiger partial charge >= 0.3 is 17.9 Å². The molecule has 180 valence electrons. The molecule has 2 N–H and O–H groups in total. The van der Waals surface area contributed by atoms with E-state index in [-0.39, 0.29) is 24.9 Å². The standard InChI is InChI=1S/C25H38O7/c1-3-4-10-16-22(32-25(30)20-19-23(27)28)17-12-9-7-5-6-8-11-14-21(26)15-13-18-24(29)31-2/h6-9,11-12,14,17,21-22,26H,3-5,10,13,15-16,18-20H2,1-2H3,(H,27,28)/b8-6-,9-7-,14-11+,17-12+/t21-,22+/m1/s1. The molecule has 0 aromatic heterocycles. The summed E-state index contributed by atoms with van der Waals surface area (Å²) in [4.78, 5) is 33.4. The van der Waals surface area contributed by atoms with Crippen molar-refractivity contribution in [2.75, 3.05) is 7.11 Å². The van der Waals surface area contributed by atoms with Crippen LogP contribution in [-0.2, 0) is 23.9 Å². The van der Waals surface area contributed by atoms with Crippen molar-refractivity contribution in [1.29, 1.82) is 0 Å². The van der Waals surface area contributed by atoms with E-state index in [0.29, 0.717) is 32.1 Å². The topological polar surface area (TPSA) is 110 Å². The number of aliphatic carboxylic acids is 1. The normalized spacial score (nSPS) is 13.8. The molecule has 7 heteroatoms. The molecular formula is C25H38O7. The second-order valence-electron chi connectivity index (χ2n) is 7.32. The number of carbonyl (C=O) groups excluding carboxylic acids is 2. The quantitative estimate of drug-likeness (QED) is 0.177. The molecule has 0 bridgehead atoms. The minimum atomic E-state index is -1.01. The van der Waals surface area contributed by atoms with E-state index in [4.69, 9.17) is 9.84 Å². The monoisotopic (exact) mass is 450 g/mol. The molecule has 7 nitrogen and oxygen atoms in total. The number of hydrogen-bond acceptors (Lipinski definition) is 6. The van der Waals surface area contributed by atoms with Crippen LogP contribution >= 0.6 is 0 Å². The average molecular weight is 451 g/mol. The Morgan fingerprint density at radius 3 is 2.16 bits per heavy atom. The van der Waals surface area contributed by atoms with E-state index in [1.165, 1.54) is 7.11 Å². The number of carbonyl (C=O) groups is 3. The van der Waals surface area contributed by atoms with Crippen LogP contribution in [0.3, 0.4) is 0 Å². The summed E-state index contributed by atoms with van der Waals surface area (Å²) >= 11 is 0. The Morgan fingerprint density at radius 2 is 1.53 bits per heavy atom. The van der Waals surface area contributed by atoms with Crippen molar-refractivity contribution in [3.63, 3.8) is 0 Å². The third-order valence-electron chi connectivity index (χ3n) is 4.45. The molecule has 0 saturated carbocycles. The zero-order chi connectivity index (χ0) is 24.0. The van der Waals surface area contributed by atoms with Gasteiger partial charge in [0, 0.05) is 6.42 Å². The smallest absolute Gasteiger partial charge is 0.306 e. The lowest BCUT2D eigenvalue weighted by Gasteiger charge is -2.13. The number of hydrogen-bond donors (Lipinski definition) is 2. The second kappa shape index (κ2) is 20.2. The van der Waals surface area contributed by atoms with Gasteiger partial charge in [-0.15, -0.1) is 0 Å². The maximum absolute atomic E-state index is 11.8. The maximum Gasteiger partial charge on any atom is 0.306 e. The third kappa shape index (κ3) is 19.3. The molecule has 2 atom stereocenters. The maximum atomic E-state index is 11.8. The highest BCUT2D eigenvalue weighted by Gasteiger charge is 2.12. The Labute approximate surface area is 191 Å². The van der Waals surface area contributed by atoms with Gasteiger partial charge in [-0.25, -0.2) is 0 Å². The third-order valence-corrected chi connectivity index (χ3v) is 4.45. The number of carboxylic acids is 1. The molecule has 0 radical (unpaired) electrons. The number of methoxy groups -OCH3 is 1. The number of unbranched alkanes of at least 4 members (excludes halogenated alkanes) is 2. The van der Waals surface area contributed by atoms with E-state index in [2.05, 4.69) is 11.7 Å². The number of aliphatic hydroxyl groups excluding tert-OH is 1. The van der Waals surface area contributed by atoms with Gasteiger partial charge in [0.1, 0.15) is 6.10 Å². The highest BCUT2D eigenvalue weighted by atomic mass is 16.5. The molecule has 0 amide bonds. The summed E-state index contributed by atoms with van der Waals surface area (Å²) in [7, 11) is 1.35. The van der Waals surface area contributed by atoms with E-state index in [1.54, 1.807) is 12.2 Å². The van der Waals surface area contributed by atoms with E-state index in [0.717, 1.165) is 19.3 Å². The fourth-order valence-corrected chi connectivity index (χ4v) is 2.65. The summed E-state index contributed by atoms with van der Waals surface area (Å²) in [5, 5.41) is 18.5. The number of allylic oxidation sites excluding steroid dienone is 6. The Hall–Kier alpha value is -2.67. The predicted molar refractivity (Wildman–Crippen MR) is 124 cm³/mol. The molecule has 0 aliphatic heterocycles. The van der Waals surface area contributed by atoms with Crippen molar-refractivity contribution in [2.45, 2.75) is 83.3 Å². The molecule has 0 aliphatic rings. The summed E-state index contributed by atoms with van der Waals surface area (Å²) in [5.41, 5.74) is 0. The van der Waals surface area contributed by atoms with Crippen LogP contribution in [0.5, 0.6) is 0 Å². The van der Waals surface area contributed by atoms with Gasteiger partial charge in [0.15, 0.2) is 0 Å². The van der Waals surface area contributed by atoms with Crippen LogP contribution in [0, 0.1) is 0 Å². The first-order chi connectivity index (χ1) is 15.4. The highest BCUT2D eigenvalue weighted by molar-refractivity contribution is 5.76. The molecule has 0 unspecified atom stereocenters. The minimum Gasteiger partial charge on any atom is -0.481 e. The van der Waals surface area contributed by atoms with Gasteiger partial charge in [0.05, 0.1) is 26.1 Å². The summed E-state index contributed by atoms with van der Waals surface area (Å²) in [6.45, 7) is 2.10. The lowest BCUT2D eigenvalue weighted by atomic mass is 10.1. The Balaban J connectivity index is 4.30. The number of carboxylic acid groups (broad SMARTS) is 1. The molecule has 0 aromatic carbocycles. The van der Waals surface area contributed by atoms with Crippen molar-refractivity contribution in [3.8, 4) is 0 Å². The van der Waals surface area contributed by atoms with Crippen molar-refractivity contribution in [2.24, 2.45) is 0 Å². The van der Waals surface area contributed by atoms with Crippen LogP contribution in [0.25, 0.3) is 0 Å². The van der Waals surface area contributed by atoms with Crippen molar-refractivity contribution < 1.29 is 34.1 Å². The number of aliphatic hydroxyl groups is 1. The van der Waals surface area contributed by atoms with Crippen LogP contribution in [0.1, 0.15) is 71.1 Å². The molecule has 0 aromatic rings. The van der Waals surface area contributed by atoms with Gasteiger partial charge in [-0.3, -0.25) is 14.4 Å². The Morgan fingerprint density at radius 1 is 0.844 bits per heavy atom. The lowest BCUT2D eigenvalue weighted by molar-refractivity contribution is -0.150. The first-order valence-electron chi connectivity index (χ1n) is 11.2. The molecule has 0 spiro atoms. The number of ether oxygens (including phenoxy) is 2. The minimum absolute atomic E-state index is 0.123. The van der Waals surface area contributed by atoms with Gasteiger partial charge in [-0.05, 0) is 38.2 Å². The van der Waals surface area contributed by atoms with E-state index < -0.39 is 18.0 Å². The Bertz CT molecular complexity index is 647. The Kier molecular flexibility index (Phi) is 18.6.